The number of aromatic nitrogens is 3. The van der Waals surface area contributed by atoms with Gasteiger partial charge in [-0.3, -0.25) is 20.2 Å². The van der Waals surface area contributed by atoms with E-state index in [1.165, 1.54) is 18.5 Å². The summed E-state index contributed by atoms with van der Waals surface area (Å²) in [7, 11) is 0. The van der Waals surface area contributed by atoms with E-state index in [-0.39, 0.29) is 24.1 Å². The fourth-order valence-corrected chi connectivity index (χ4v) is 2.08. The standard InChI is InChI=1S/C11H9N5O3/c17-10-5-9(15-11(14-10)12-6-13-15)7-1-3-8(4-2-7)16(18)19/h1-4,6,9H,5H2,(H,12,13,14,17)/t9-/m1/s1. The van der Waals surface area contributed by atoms with Gasteiger partial charge < -0.3 is 0 Å². The minimum Gasteiger partial charge on any atom is -0.295 e. The van der Waals surface area contributed by atoms with Crippen molar-refractivity contribution in [2.24, 2.45) is 0 Å². The summed E-state index contributed by atoms with van der Waals surface area (Å²) in [6.45, 7) is 0. The number of nitro benzene ring substituents is 1. The second-order valence-corrected chi connectivity index (χ2v) is 4.14. The first kappa shape index (κ1) is 11.3. The molecule has 8 nitrogen and oxygen atoms in total. The molecule has 0 spiro atoms. The number of rotatable bonds is 2. The number of nitro groups is 1. The van der Waals surface area contributed by atoms with Gasteiger partial charge in [0.1, 0.15) is 6.33 Å². The summed E-state index contributed by atoms with van der Waals surface area (Å²) in [6, 6.07) is 5.81. The molecule has 0 unspecified atom stereocenters. The van der Waals surface area contributed by atoms with E-state index in [1.807, 2.05) is 0 Å². The number of amides is 1. The van der Waals surface area contributed by atoms with Crippen LogP contribution in [-0.4, -0.2) is 25.6 Å². The van der Waals surface area contributed by atoms with Crippen LogP contribution in [-0.2, 0) is 4.79 Å². The fourth-order valence-electron chi connectivity index (χ4n) is 2.08. The van der Waals surface area contributed by atoms with Crippen LogP contribution in [0.2, 0.25) is 0 Å². The minimum absolute atomic E-state index is 0.0165. The molecular formula is C11H9N5O3. The van der Waals surface area contributed by atoms with Gasteiger partial charge in [0.25, 0.3) is 5.69 Å². The van der Waals surface area contributed by atoms with Crippen LogP contribution in [0.5, 0.6) is 0 Å². The van der Waals surface area contributed by atoms with Gasteiger partial charge in [-0.25, -0.2) is 4.68 Å². The topological polar surface area (TPSA) is 103 Å². The highest BCUT2D eigenvalue weighted by Gasteiger charge is 2.27. The maximum Gasteiger partial charge on any atom is 0.269 e. The van der Waals surface area contributed by atoms with Gasteiger partial charge >= 0.3 is 0 Å². The zero-order valence-electron chi connectivity index (χ0n) is 9.68. The lowest BCUT2D eigenvalue weighted by molar-refractivity contribution is -0.384. The average molecular weight is 259 g/mol. The average Bonchev–Trinajstić information content (AvgIpc) is 2.85. The van der Waals surface area contributed by atoms with Gasteiger partial charge in [0.2, 0.25) is 11.9 Å². The molecule has 2 heterocycles. The molecule has 0 fully saturated rings. The Morgan fingerprint density at radius 2 is 2.11 bits per heavy atom. The Morgan fingerprint density at radius 3 is 2.79 bits per heavy atom. The van der Waals surface area contributed by atoms with Gasteiger partial charge in [0, 0.05) is 12.1 Å². The van der Waals surface area contributed by atoms with Crippen molar-refractivity contribution in [3.63, 3.8) is 0 Å². The summed E-state index contributed by atoms with van der Waals surface area (Å²) >= 11 is 0. The smallest absolute Gasteiger partial charge is 0.269 e. The molecule has 0 radical (unpaired) electrons. The number of fused-ring (bicyclic) bond motifs is 1. The van der Waals surface area contributed by atoms with Gasteiger partial charge in [0.15, 0.2) is 0 Å². The highest BCUT2D eigenvalue weighted by atomic mass is 16.6. The molecule has 1 atom stereocenters. The number of benzene rings is 1. The Kier molecular flexibility index (Phi) is 2.48. The molecule has 0 aliphatic carbocycles. The number of nitrogens with zero attached hydrogens (tertiary/aromatic N) is 4. The molecule has 1 aliphatic heterocycles. The molecule has 1 aromatic heterocycles. The molecule has 0 bridgehead atoms. The van der Waals surface area contributed by atoms with E-state index < -0.39 is 4.92 Å². The summed E-state index contributed by atoms with van der Waals surface area (Å²) in [5.74, 6) is 0.239. The molecule has 3 rings (SSSR count). The summed E-state index contributed by atoms with van der Waals surface area (Å²) in [4.78, 5) is 25.7. The van der Waals surface area contributed by atoms with Crippen molar-refractivity contribution in [1.29, 1.82) is 0 Å². The molecule has 1 N–H and O–H groups in total. The first-order valence-corrected chi connectivity index (χ1v) is 5.59. The summed E-state index contributed by atoms with van der Waals surface area (Å²) < 4.78 is 1.60. The third-order valence-corrected chi connectivity index (χ3v) is 2.99. The van der Waals surface area contributed by atoms with Crippen molar-refractivity contribution in [1.82, 2.24) is 14.8 Å². The molecular weight excluding hydrogens is 250 g/mol. The lowest BCUT2D eigenvalue weighted by Crippen LogP contribution is -2.29. The van der Waals surface area contributed by atoms with Crippen LogP contribution < -0.4 is 5.32 Å². The van der Waals surface area contributed by atoms with Crippen molar-refractivity contribution >= 4 is 17.5 Å². The molecule has 19 heavy (non-hydrogen) atoms. The summed E-state index contributed by atoms with van der Waals surface area (Å²) in [5, 5.41) is 17.3. The molecule has 8 heteroatoms. The molecule has 0 saturated heterocycles. The third-order valence-electron chi connectivity index (χ3n) is 2.99. The maximum atomic E-state index is 11.6. The van der Waals surface area contributed by atoms with E-state index in [9.17, 15) is 14.9 Å². The zero-order chi connectivity index (χ0) is 13.4. The lowest BCUT2D eigenvalue weighted by Gasteiger charge is -2.23. The zero-order valence-corrected chi connectivity index (χ0v) is 9.68. The monoisotopic (exact) mass is 259 g/mol. The maximum absolute atomic E-state index is 11.6. The van der Waals surface area contributed by atoms with Crippen LogP contribution in [0, 0.1) is 10.1 Å². The number of hydrogen-bond donors (Lipinski definition) is 1. The molecule has 1 aliphatic rings. The Labute approximate surface area is 107 Å². The first-order valence-electron chi connectivity index (χ1n) is 5.59. The van der Waals surface area contributed by atoms with Gasteiger partial charge in [-0.05, 0) is 5.56 Å². The highest BCUT2D eigenvalue weighted by molar-refractivity contribution is 5.91. The number of carbonyl (C=O) groups excluding carboxylic acids is 1. The van der Waals surface area contributed by atoms with Crippen molar-refractivity contribution in [3.05, 3.63) is 46.3 Å². The van der Waals surface area contributed by atoms with E-state index in [1.54, 1.807) is 16.8 Å². The van der Waals surface area contributed by atoms with Crippen LogP contribution in [0.4, 0.5) is 11.6 Å². The Hall–Kier alpha value is -2.77. The fraction of sp³-hybridized carbons (Fsp3) is 0.182. The Morgan fingerprint density at radius 1 is 1.37 bits per heavy atom. The van der Waals surface area contributed by atoms with Crippen molar-refractivity contribution in [3.8, 4) is 0 Å². The normalized spacial score (nSPS) is 17.7. The Bertz CT molecular complexity index is 649. The predicted octanol–water partition coefficient (Wildman–Crippen LogP) is 1.12. The second kappa shape index (κ2) is 4.16. The Balaban J connectivity index is 1.99. The number of nitrogens with one attached hydrogen (secondary N) is 1. The van der Waals surface area contributed by atoms with Gasteiger partial charge in [-0.1, -0.05) is 12.1 Å². The van der Waals surface area contributed by atoms with E-state index in [0.29, 0.717) is 5.95 Å². The van der Waals surface area contributed by atoms with Gasteiger partial charge in [0.05, 0.1) is 17.4 Å². The third kappa shape index (κ3) is 1.92. The van der Waals surface area contributed by atoms with Crippen LogP contribution in [0.15, 0.2) is 30.6 Å². The summed E-state index contributed by atoms with van der Waals surface area (Å²) in [5.41, 5.74) is 0.801. The van der Waals surface area contributed by atoms with E-state index in [4.69, 9.17) is 0 Å². The summed E-state index contributed by atoms with van der Waals surface area (Å²) in [6.07, 6.45) is 1.59. The van der Waals surface area contributed by atoms with Gasteiger partial charge in [-0.2, -0.15) is 10.1 Å². The van der Waals surface area contributed by atoms with Crippen LogP contribution in [0.1, 0.15) is 18.0 Å². The molecule has 96 valence electrons. The van der Waals surface area contributed by atoms with Crippen LogP contribution in [0.3, 0.4) is 0 Å². The minimum atomic E-state index is -0.460. The van der Waals surface area contributed by atoms with E-state index in [0.717, 1.165) is 5.56 Å². The number of hydrogen-bond acceptors (Lipinski definition) is 5. The number of carbonyl (C=O) groups is 1. The predicted molar refractivity (Wildman–Crippen MR) is 64.5 cm³/mol. The van der Waals surface area contributed by atoms with E-state index in [2.05, 4.69) is 15.4 Å². The van der Waals surface area contributed by atoms with E-state index >= 15 is 0 Å². The first-order chi connectivity index (χ1) is 9.15. The SMILES string of the molecule is O=C1C[C@H](c2ccc([N+](=O)[O-])cc2)n2ncnc2N1. The molecule has 2 aromatic rings. The molecule has 0 saturated carbocycles. The molecule has 1 amide bonds. The number of non-ortho nitro benzene ring substituents is 1. The van der Waals surface area contributed by atoms with Crippen LogP contribution in [0.25, 0.3) is 0 Å². The largest absolute Gasteiger partial charge is 0.295 e. The van der Waals surface area contributed by atoms with Gasteiger partial charge in [-0.15, -0.1) is 0 Å². The quantitative estimate of drug-likeness (QED) is 0.643. The lowest BCUT2D eigenvalue weighted by atomic mass is 10.0. The van der Waals surface area contributed by atoms with Crippen molar-refractivity contribution in [2.45, 2.75) is 12.5 Å². The van der Waals surface area contributed by atoms with Crippen molar-refractivity contribution < 1.29 is 9.72 Å². The van der Waals surface area contributed by atoms with Crippen molar-refractivity contribution in [2.75, 3.05) is 5.32 Å². The second-order valence-electron chi connectivity index (χ2n) is 4.14. The highest BCUT2D eigenvalue weighted by Crippen LogP contribution is 2.29. The number of anilines is 1. The van der Waals surface area contributed by atoms with Crippen LogP contribution >= 0.6 is 0 Å². The molecule has 1 aromatic carbocycles.